The van der Waals surface area contributed by atoms with E-state index in [4.69, 9.17) is 0 Å². The number of rotatable bonds is 7. The second-order valence-corrected chi connectivity index (χ2v) is 3.03. The van der Waals surface area contributed by atoms with Gasteiger partial charge in [0.15, 0.2) is 0 Å². The fourth-order valence-corrected chi connectivity index (χ4v) is 1.13. The van der Waals surface area contributed by atoms with Crippen molar-refractivity contribution in [3.05, 3.63) is 12.7 Å². The number of allylic oxidation sites excluding steroid dienone is 1. The minimum absolute atomic E-state index is 0.312. The lowest BCUT2D eigenvalue weighted by Crippen LogP contribution is -2.27. The predicted octanol–water partition coefficient (Wildman–Crippen LogP) is 1.91. The molecule has 0 bridgehead atoms. The van der Waals surface area contributed by atoms with Crippen LogP contribution in [0.2, 0.25) is 0 Å². The monoisotopic (exact) mass is 169 g/mol. The molecule has 0 saturated carbocycles. The van der Waals surface area contributed by atoms with Gasteiger partial charge in [0.1, 0.15) is 5.78 Å². The lowest BCUT2D eigenvalue weighted by atomic mass is 10.1. The fraction of sp³-hybridized carbons (Fsp3) is 0.700. The van der Waals surface area contributed by atoms with Crippen LogP contribution in [0.25, 0.3) is 0 Å². The molecular formula is C10H19NO. The van der Waals surface area contributed by atoms with Crippen LogP contribution in [-0.4, -0.2) is 18.4 Å². The van der Waals surface area contributed by atoms with Crippen molar-refractivity contribution in [2.75, 3.05) is 6.54 Å². The highest BCUT2D eigenvalue weighted by atomic mass is 16.1. The van der Waals surface area contributed by atoms with Crippen LogP contribution in [-0.2, 0) is 4.79 Å². The maximum absolute atomic E-state index is 11.2. The number of carbonyl (C=O) groups is 1. The molecule has 0 radical (unpaired) electrons. The highest BCUT2D eigenvalue weighted by molar-refractivity contribution is 5.79. The molecule has 1 unspecified atom stereocenters. The Kier molecular flexibility index (Phi) is 6.67. The number of ketones is 1. The quantitative estimate of drug-likeness (QED) is 0.590. The highest BCUT2D eigenvalue weighted by Crippen LogP contribution is 1.99. The van der Waals surface area contributed by atoms with Crippen molar-refractivity contribution >= 4 is 5.78 Å². The largest absolute Gasteiger partial charge is 0.314 e. The second kappa shape index (κ2) is 7.04. The first-order chi connectivity index (χ1) is 5.70. The van der Waals surface area contributed by atoms with Crippen molar-refractivity contribution in [1.29, 1.82) is 0 Å². The highest BCUT2D eigenvalue weighted by Gasteiger charge is 2.06. The number of hydrogen-bond donors (Lipinski definition) is 1. The molecule has 2 heteroatoms. The molecule has 0 fully saturated rings. The summed E-state index contributed by atoms with van der Waals surface area (Å²) in [5, 5.41) is 3.21. The van der Waals surface area contributed by atoms with E-state index in [9.17, 15) is 4.79 Å². The molecule has 0 saturated heterocycles. The fourth-order valence-electron chi connectivity index (χ4n) is 1.13. The number of nitrogens with one attached hydrogen (secondary N) is 1. The second-order valence-electron chi connectivity index (χ2n) is 3.03. The van der Waals surface area contributed by atoms with Gasteiger partial charge in [-0.2, -0.15) is 0 Å². The van der Waals surface area contributed by atoms with E-state index in [1.54, 1.807) is 6.08 Å². The molecule has 0 amide bonds. The van der Waals surface area contributed by atoms with E-state index in [2.05, 4.69) is 11.9 Å². The first kappa shape index (κ1) is 11.4. The molecule has 0 aromatic heterocycles. The zero-order valence-corrected chi connectivity index (χ0v) is 8.10. The third-order valence-electron chi connectivity index (χ3n) is 1.71. The molecular weight excluding hydrogens is 150 g/mol. The molecule has 2 nitrogen and oxygen atoms in total. The smallest absolute Gasteiger partial charge is 0.134 e. The zero-order valence-electron chi connectivity index (χ0n) is 8.10. The third kappa shape index (κ3) is 6.10. The van der Waals surface area contributed by atoms with Gasteiger partial charge in [0.05, 0.1) is 0 Å². The van der Waals surface area contributed by atoms with Crippen molar-refractivity contribution in [2.24, 2.45) is 0 Å². The van der Waals surface area contributed by atoms with Gasteiger partial charge in [-0.15, -0.1) is 6.58 Å². The molecule has 0 aliphatic carbocycles. The van der Waals surface area contributed by atoms with Crippen LogP contribution in [0.3, 0.4) is 0 Å². The van der Waals surface area contributed by atoms with E-state index in [0.717, 1.165) is 13.0 Å². The summed E-state index contributed by atoms with van der Waals surface area (Å²) in [5.41, 5.74) is 0. The number of hydrogen-bond acceptors (Lipinski definition) is 2. The maximum Gasteiger partial charge on any atom is 0.134 e. The Bertz CT molecular complexity index is 143. The van der Waals surface area contributed by atoms with E-state index < -0.39 is 0 Å². The van der Waals surface area contributed by atoms with Gasteiger partial charge in [0.25, 0.3) is 0 Å². The topological polar surface area (TPSA) is 29.1 Å². The summed E-state index contributed by atoms with van der Waals surface area (Å²) in [7, 11) is 0. The molecule has 0 aliphatic heterocycles. The van der Waals surface area contributed by atoms with E-state index >= 15 is 0 Å². The molecule has 0 aromatic rings. The van der Waals surface area contributed by atoms with Crippen molar-refractivity contribution in [3.8, 4) is 0 Å². The van der Waals surface area contributed by atoms with Crippen LogP contribution < -0.4 is 5.32 Å². The Balaban J connectivity index is 3.46. The SMILES string of the molecule is C=CCCC(=O)CC(C)NCC. The molecule has 12 heavy (non-hydrogen) atoms. The van der Waals surface area contributed by atoms with Gasteiger partial charge >= 0.3 is 0 Å². The van der Waals surface area contributed by atoms with Gasteiger partial charge in [-0.1, -0.05) is 13.0 Å². The molecule has 0 heterocycles. The van der Waals surface area contributed by atoms with Crippen molar-refractivity contribution in [3.63, 3.8) is 0 Å². The molecule has 0 spiro atoms. The van der Waals surface area contributed by atoms with Gasteiger partial charge in [0, 0.05) is 18.9 Å². The summed E-state index contributed by atoms with van der Waals surface area (Å²) < 4.78 is 0. The van der Waals surface area contributed by atoms with Crippen LogP contribution in [0.4, 0.5) is 0 Å². The van der Waals surface area contributed by atoms with E-state index in [-0.39, 0.29) is 0 Å². The van der Waals surface area contributed by atoms with Gasteiger partial charge < -0.3 is 5.32 Å². The molecule has 1 atom stereocenters. The van der Waals surface area contributed by atoms with Gasteiger partial charge in [0.2, 0.25) is 0 Å². The molecule has 0 rings (SSSR count). The summed E-state index contributed by atoms with van der Waals surface area (Å²) in [4.78, 5) is 11.2. The molecule has 70 valence electrons. The molecule has 0 aliphatic rings. The zero-order chi connectivity index (χ0) is 9.40. The first-order valence-corrected chi connectivity index (χ1v) is 4.56. The standard InChI is InChI=1S/C10H19NO/c1-4-6-7-10(12)8-9(3)11-5-2/h4,9,11H,1,5-8H2,2-3H3. The Morgan fingerprint density at radius 1 is 1.67 bits per heavy atom. The minimum Gasteiger partial charge on any atom is -0.314 e. The van der Waals surface area contributed by atoms with Crippen LogP contribution >= 0.6 is 0 Å². The number of Topliss-reactive ketones (excluding diaryl/α,β-unsaturated/α-hetero) is 1. The summed E-state index contributed by atoms with van der Waals surface area (Å²) >= 11 is 0. The van der Waals surface area contributed by atoms with Gasteiger partial charge in [-0.25, -0.2) is 0 Å². The Morgan fingerprint density at radius 2 is 2.33 bits per heavy atom. The normalized spacial score (nSPS) is 12.5. The van der Waals surface area contributed by atoms with Crippen LogP contribution in [0, 0.1) is 0 Å². The number of carbonyl (C=O) groups excluding carboxylic acids is 1. The average molecular weight is 169 g/mol. The van der Waals surface area contributed by atoms with Crippen molar-refractivity contribution < 1.29 is 4.79 Å². The predicted molar refractivity (Wildman–Crippen MR) is 52.2 cm³/mol. The van der Waals surface area contributed by atoms with E-state index in [0.29, 0.717) is 24.7 Å². The van der Waals surface area contributed by atoms with Crippen LogP contribution in [0.5, 0.6) is 0 Å². The minimum atomic E-state index is 0.312. The lowest BCUT2D eigenvalue weighted by Gasteiger charge is -2.10. The average Bonchev–Trinajstić information content (AvgIpc) is 2.01. The van der Waals surface area contributed by atoms with E-state index in [1.807, 2.05) is 13.8 Å². The van der Waals surface area contributed by atoms with E-state index in [1.165, 1.54) is 0 Å². The Hall–Kier alpha value is -0.630. The van der Waals surface area contributed by atoms with Crippen molar-refractivity contribution in [1.82, 2.24) is 5.32 Å². The third-order valence-corrected chi connectivity index (χ3v) is 1.71. The van der Waals surface area contributed by atoms with Gasteiger partial charge in [-0.05, 0) is 19.9 Å². The lowest BCUT2D eigenvalue weighted by molar-refractivity contribution is -0.119. The first-order valence-electron chi connectivity index (χ1n) is 4.56. The summed E-state index contributed by atoms with van der Waals surface area (Å²) in [6, 6.07) is 0.312. The summed E-state index contributed by atoms with van der Waals surface area (Å²) in [5.74, 6) is 0.323. The molecule has 1 N–H and O–H groups in total. The van der Waals surface area contributed by atoms with Crippen molar-refractivity contribution in [2.45, 2.75) is 39.2 Å². The molecule has 0 aromatic carbocycles. The Morgan fingerprint density at radius 3 is 2.83 bits per heavy atom. The Labute approximate surface area is 75.0 Å². The summed E-state index contributed by atoms with van der Waals surface area (Å²) in [6.45, 7) is 8.59. The summed E-state index contributed by atoms with van der Waals surface area (Å²) in [6.07, 6.45) is 3.87. The maximum atomic E-state index is 11.2. The van der Waals surface area contributed by atoms with Crippen LogP contribution in [0.1, 0.15) is 33.1 Å². The van der Waals surface area contributed by atoms with Crippen LogP contribution in [0.15, 0.2) is 12.7 Å². The van der Waals surface area contributed by atoms with Gasteiger partial charge in [-0.3, -0.25) is 4.79 Å².